The van der Waals surface area contributed by atoms with Gasteiger partial charge in [0, 0.05) is 23.5 Å². The number of urea groups is 1. The Morgan fingerprint density at radius 2 is 1.36 bits per heavy atom. The first-order valence-electron chi connectivity index (χ1n) is 7.60. The quantitative estimate of drug-likeness (QED) is 0.526. The van der Waals surface area contributed by atoms with Gasteiger partial charge >= 0.3 is 6.03 Å². The number of carbonyl (C=O) groups is 1. The lowest BCUT2D eigenvalue weighted by Crippen LogP contribution is -2.19. The molecule has 0 aliphatic rings. The largest absolute Gasteiger partial charge is 0.323 e. The van der Waals surface area contributed by atoms with Crippen molar-refractivity contribution in [2.24, 2.45) is 0 Å². The lowest BCUT2D eigenvalue weighted by atomic mass is 10.0. The Labute approximate surface area is 144 Å². The SMILES string of the molecule is O=C(Nc1ccccc1)Nc1cccc(-c2cccc([N+](=O)[O-])c2)c1. The van der Waals surface area contributed by atoms with E-state index in [-0.39, 0.29) is 11.7 Å². The highest BCUT2D eigenvalue weighted by Gasteiger charge is 2.08. The second kappa shape index (κ2) is 7.27. The lowest BCUT2D eigenvalue weighted by molar-refractivity contribution is -0.384. The third kappa shape index (κ3) is 4.20. The van der Waals surface area contributed by atoms with E-state index >= 15 is 0 Å². The third-order valence-corrected chi connectivity index (χ3v) is 3.54. The summed E-state index contributed by atoms with van der Waals surface area (Å²) in [5.74, 6) is 0. The molecule has 0 heterocycles. The highest BCUT2D eigenvalue weighted by Crippen LogP contribution is 2.26. The van der Waals surface area contributed by atoms with Crippen LogP contribution in [-0.4, -0.2) is 11.0 Å². The molecule has 0 bridgehead atoms. The van der Waals surface area contributed by atoms with Gasteiger partial charge in [-0.1, -0.05) is 42.5 Å². The van der Waals surface area contributed by atoms with Gasteiger partial charge in [0.25, 0.3) is 5.69 Å². The van der Waals surface area contributed by atoms with Crippen LogP contribution in [0, 0.1) is 10.1 Å². The number of hydrogen-bond acceptors (Lipinski definition) is 3. The summed E-state index contributed by atoms with van der Waals surface area (Å²) in [6.07, 6.45) is 0. The predicted molar refractivity (Wildman–Crippen MR) is 97.6 cm³/mol. The Bertz CT molecular complexity index is 911. The van der Waals surface area contributed by atoms with Crippen LogP contribution < -0.4 is 10.6 Å². The molecule has 3 aromatic rings. The smallest absolute Gasteiger partial charge is 0.308 e. The summed E-state index contributed by atoms with van der Waals surface area (Å²) in [4.78, 5) is 22.5. The molecule has 0 fully saturated rings. The summed E-state index contributed by atoms with van der Waals surface area (Å²) in [5, 5.41) is 16.4. The second-order valence-electron chi connectivity index (χ2n) is 5.33. The topological polar surface area (TPSA) is 84.3 Å². The Morgan fingerprint density at radius 3 is 2.08 bits per heavy atom. The van der Waals surface area contributed by atoms with E-state index in [0.29, 0.717) is 16.9 Å². The fourth-order valence-corrected chi connectivity index (χ4v) is 2.39. The van der Waals surface area contributed by atoms with Gasteiger partial charge in [-0.05, 0) is 35.4 Å². The molecule has 0 radical (unpaired) electrons. The molecular weight excluding hydrogens is 318 g/mol. The molecule has 6 heteroatoms. The van der Waals surface area contributed by atoms with Gasteiger partial charge in [0.15, 0.2) is 0 Å². The molecule has 0 aliphatic heterocycles. The number of rotatable bonds is 4. The van der Waals surface area contributed by atoms with Crippen LogP contribution in [0.25, 0.3) is 11.1 Å². The van der Waals surface area contributed by atoms with Gasteiger partial charge in [-0.3, -0.25) is 10.1 Å². The van der Waals surface area contributed by atoms with E-state index in [0.717, 1.165) is 5.56 Å². The summed E-state index contributed by atoms with van der Waals surface area (Å²) in [7, 11) is 0. The number of para-hydroxylation sites is 1. The second-order valence-corrected chi connectivity index (χ2v) is 5.33. The van der Waals surface area contributed by atoms with Gasteiger partial charge in [0.1, 0.15) is 0 Å². The molecule has 124 valence electrons. The number of nitro benzene ring substituents is 1. The van der Waals surface area contributed by atoms with E-state index in [1.54, 1.807) is 42.5 Å². The summed E-state index contributed by atoms with van der Waals surface area (Å²) >= 11 is 0. The number of nitro groups is 1. The van der Waals surface area contributed by atoms with Gasteiger partial charge in [-0.2, -0.15) is 0 Å². The molecular formula is C19H15N3O3. The van der Waals surface area contributed by atoms with Crippen molar-refractivity contribution in [3.05, 3.63) is 89.0 Å². The van der Waals surface area contributed by atoms with Crippen LogP contribution in [0.4, 0.5) is 21.9 Å². The number of hydrogen-bond donors (Lipinski definition) is 2. The first-order chi connectivity index (χ1) is 12.1. The summed E-state index contributed by atoms with van der Waals surface area (Å²) in [6.45, 7) is 0. The van der Waals surface area contributed by atoms with E-state index in [4.69, 9.17) is 0 Å². The molecule has 0 aromatic heterocycles. The van der Waals surface area contributed by atoms with Crippen molar-refractivity contribution in [1.29, 1.82) is 0 Å². The highest BCUT2D eigenvalue weighted by molar-refractivity contribution is 6.00. The van der Waals surface area contributed by atoms with Crippen LogP contribution in [0.3, 0.4) is 0 Å². The fourth-order valence-electron chi connectivity index (χ4n) is 2.39. The first-order valence-corrected chi connectivity index (χ1v) is 7.60. The van der Waals surface area contributed by atoms with Crippen LogP contribution in [0.1, 0.15) is 0 Å². The minimum Gasteiger partial charge on any atom is -0.308 e. The average Bonchev–Trinajstić information content (AvgIpc) is 2.63. The standard InChI is InChI=1S/C19H15N3O3/c23-19(20-16-8-2-1-3-9-16)21-17-10-4-6-14(12-17)15-7-5-11-18(13-15)22(24)25/h1-13H,(H2,20,21,23). The monoisotopic (exact) mass is 333 g/mol. The first kappa shape index (κ1) is 16.2. The summed E-state index contributed by atoms with van der Waals surface area (Å²) < 4.78 is 0. The van der Waals surface area contributed by atoms with E-state index < -0.39 is 4.92 Å². The lowest BCUT2D eigenvalue weighted by Gasteiger charge is -2.09. The Hall–Kier alpha value is -3.67. The number of nitrogens with zero attached hydrogens (tertiary/aromatic N) is 1. The van der Waals surface area contributed by atoms with Crippen LogP contribution in [0.5, 0.6) is 0 Å². The molecule has 0 saturated carbocycles. The molecule has 0 aliphatic carbocycles. The number of amides is 2. The zero-order chi connectivity index (χ0) is 17.6. The maximum absolute atomic E-state index is 12.1. The van der Waals surface area contributed by atoms with Gasteiger partial charge in [-0.15, -0.1) is 0 Å². The van der Waals surface area contributed by atoms with E-state index in [1.807, 2.05) is 24.3 Å². The molecule has 25 heavy (non-hydrogen) atoms. The Balaban J connectivity index is 1.76. The molecule has 3 aromatic carbocycles. The number of nitrogens with one attached hydrogen (secondary N) is 2. The van der Waals surface area contributed by atoms with Crippen molar-refractivity contribution in [2.45, 2.75) is 0 Å². The van der Waals surface area contributed by atoms with Crippen LogP contribution in [0.15, 0.2) is 78.9 Å². The number of benzene rings is 3. The summed E-state index contributed by atoms with van der Waals surface area (Å²) in [6, 6.07) is 22.3. The Kier molecular flexibility index (Phi) is 4.71. The van der Waals surface area contributed by atoms with Crippen LogP contribution in [-0.2, 0) is 0 Å². The zero-order valence-corrected chi connectivity index (χ0v) is 13.2. The highest BCUT2D eigenvalue weighted by atomic mass is 16.6. The molecule has 2 N–H and O–H groups in total. The van der Waals surface area contributed by atoms with E-state index in [1.165, 1.54) is 12.1 Å². The van der Waals surface area contributed by atoms with E-state index in [9.17, 15) is 14.9 Å². The minimum atomic E-state index is -0.432. The Morgan fingerprint density at radius 1 is 0.760 bits per heavy atom. The minimum absolute atomic E-state index is 0.0256. The molecule has 0 spiro atoms. The number of carbonyl (C=O) groups excluding carboxylic acids is 1. The molecule has 3 rings (SSSR count). The molecule has 0 unspecified atom stereocenters. The van der Waals surface area contributed by atoms with Gasteiger partial charge in [0.2, 0.25) is 0 Å². The third-order valence-electron chi connectivity index (χ3n) is 3.54. The van der Waals surface area contributed by atoms with Crippen LogP contribution in [0.2, 0.25) is 0 Å². The van der Waals surface area contributed by atoms with Gasteiger partial charge < -0.3 is 10.6 Å². The molecule has 2 amide bonds. The van der Waals surface area contributed by atoms with Gasteiger partial charge in [0.05, 0.1) is 4.92 Å². The molecule has 0 atom stereocenters. The van der Waals surface area contributed by atoms with Crippen LogP contribution >= 0.6 is 0 Å². The van der Waals surface area contributed by atoms with Crippen molar-refractivity contribution >= 4 is 23.1 Å². The molecule has 6 nitrogen and oxygen atoms in total. The van der Waals surface area contributed by atoms with Crippen molar-refractivity contribution < 1.29 is 9.72 Å². The number of non-ortho nitro benzene ring substituents is 1. The fraction of sp³-hybridized carbons (Fsp3) is 0. The van der Waals surface area contributed by atoms with Crippen molar-refractivity contribution in [3.63, 3.8) is 0 Å². The van der Waals surface area contributed by atoms with Gasteiger partial charge in [-0.25, -0.2) is 4.79 Å². The average molecular weight is 333 g/mol. The molecule has 0 saturated heterocycles. The summed E-state index contributed by atoms with van der Waals surface area (Å²) in [5.41, 5.74) is 2.80. The number of anilines is 2. The van der Waals surface area contributed by atoms with E-state index in [2.05, 4.69) is 10.6 Å². The maximum Gasteiger partial charge on any atom is 0.323 e. The van der Waals surface area contributed by atoms with Crippen molar-refractivity contribution in [1.82, 2.24) is 0 Å². The van der Waals surface area contributed by atoms with Crippen molar-refractivity contribution in [2.75, 3.05) is 10.6 Å². The predicted octanol–water partition coefficient (Wildman–Crippen LogP) is 4.91. The maximum atomic E-state index is 12.1. The zero-order valence-electron chi connectivity index (χ0n) is 13.2. The normalized spacial score (nSPS) is 10.1. The van der Waals surface area contributed by atoms with Crippen molar-refractivity contribution in [3.8, 4) is 11.1 Å².